The second-order valence-electron chi connectivity index (χ2n) is 7.83. The van der Waals surface area contributed by atoms with Crippen molar-refractivity contribution in [3.05, 3.63) is 119 Å². The second-order valence-corrected chi connectivity index (χ2v) is 8.26. The number of aromatic amines is 1. The number of hydrogen-bond donors (Lipinski definition) is 3. The molecule has 0 spiro atoms. The zero-order valence-corrected chi connectivity index (χ0v) is 18.5. The fraction of sp³-hybridized carbons (Fsp3) is 0.185. The zero-order chi connectivity index (χ0) is 21.6. The van der Waals surface area contributed by atoms with Crippen molar-refractivity contribution in [1.82, 2.24) is 15.6 Å². The minimum absolute atomic E-state index is 0.00309. The van der Waals surface area contributed by atoms with Crippen molar-refractivity contribution >= 4 is 22.5 Å². The standard InChI is InChI=1S/C27H28ClN3/c1-19(29-2)27(21-6-4-3-5-7-21)31-26(14-10-20-8-12-24(28)13-9-20)22-11-15-25-23(18-22)16-17-30-25/h3-9,11-13,15-18,26-27,29-31H,1,10,14H2,2H3/t26-,27+/m1/s1. The summed E-state index contributed by atoms with van der Waals surface area (Å²) in [4.78, 5) is 3.29. The first kappa shape index (κ1) is 21.2. The molecule has 0 aliphatic heterocycles. The molecule has 0 unspecified atom stereocenters. The average Bonchev–Trinajstić information content (AvgIpc) is 3.28. The highest BCUT2D eigenvalue weighted by atomic mass is 35.5. The van der Waals surface area contributed by atoms with Crippen LogP contribution in [-0.2, 0) is 6.42 Å². The lowest BCUT2D eigenvalue weighted by molar-refractivity contribution is 0.446. The van der Waals surface area contributed by atoms with E-state index in [-0.39, 0.29) is 12.1 Å². The Morgan fingerprint density at radius 1 is 0.968 bits per heavy atom. The van der Waals surface area contributed by atoms with Crippen LogP contribution in [0.5, 0.6) is 0 Å². The van der Waals surface area contributed by atoms with Crippen LogP contribution in [0.3, 0.4) is 0 Å². The molecule has 4 aromatic rings. The van der Waals surface area contributed by atoms with E-state index in [9.17, 15) is 0 Å². The van der Waals surface area contributed by atoms with Gasteiger partial charge in [-0.3, -0.25) is 5.32 Å². The van der Waals surface area contributed by atoms with E-state index in [1.54, 1.807) is 0 Å². The Hall–Kier alpha value is -3.01. The van der Waals surface area contributed by atoms with Crippen LogP contribution in [0.2, 0.25) is 5.02 Å². The van der Waals surface area contributed by atoms with Gasteiger partial charge in [-0.2, -0.15) is 0 Å². The first-order valence-corrected chi connectivity index (χ1v) is 11.0. The highest BCUT2D eigenvalue weighted by molar-refractivity contribution is 6.30. The lowest BCUT2D eigenvalue weighted by Crippen LogP contribution is -2.31. The van der Waals surface area contributed by atoms with E-state index in [1.807, 2.05) is 31.4 Å². The third kappa shape index (κ3) is 5.19. The van der Waals surface area contributed by atoms with Crippen molar-refractivity contribution in [2.75, 3.05) is 7.05 Å². The van der Waals surface area contributed by atoms with E-state index in [0.29, 0.717) is 0 Å². The van der Waals surface area contributed by atoms with E-state index in [1.165, 1.54) is 22.1 Å². The Kier molecular flexibility index (Phi) is 6.76. The Morgan fingerprint density at radius 2 is 1.74 bits per heavy atom. The Bertz CT molecular complexity index is 1130. The van der Waals surface area contributed by atoms with E-state index in [4.69, 9.17) is 11.6 Å². The number of likely N-dealkylation sites (N-methyl/N-ethyl adjacent to an activating group) is 1. The normalized spacial score (nSPS) is 13.1. The van der Waals surface area contributed by atoms with Crippen molar-refractivity contribution in [2.45, 2.75) is 24.9 Å². The molecule has 0 aliphatic rings. The van der Waals surface area contributed by atoms with Gasteiger partial charge in [0.2, 0.25) is 0 Å². The molecule has 2 atom stereocenters. The van der Waals surface area contributed by atoms with Gasteiger partial charge in [0.05, 0.1) is 6.04 Å². The van der Waals surface area contributed by atoms with E-state index < -0.39 is 0 Å². The highest BCUT2D eigenvalue weighted by Crippen LogP contribution is 2.29. The molecule has 0 saturated carbocycles. The smallest absolute Gasteiger partial charge is 0.0724 e. The molecule has 1 heterocycles. The molecule has 0 radical (unpaired) electrons. The molecule has 158 valence electrons. The fourth-order valence-electron chi connectivity index (χ4n) is 3.99. The third-order valence-corrected chi connectivity index (χ3v) is 6.04. The minimum Gasteiger partial charge on any atom is -0.390 e. The number of halogens is 1. The highest BCUT2D eigenvalue weighted by Gasteiger charge is 2.21. The van der Waals surface area contributed by atoms with Gasteiger partial charge in [-0.15, -0.1) is 0 Å². The van der Waals surface area contributed by atoms with Gasteiger partial charge in [0.1, 0.15) is 0 Å². The molecular formula is C27H28ClN3. The lowest BCUT2D eigenvalue weighted by Gasteiger charge is -2.28. The van der Waals surface area contributed by atoms with Crippen LogP contribution in [0.1, 0.15) is 35.2 Å². The number of nitrogens with one attached hydrogen (secondary N) is 3. The van der Waals surface area contributed by atoms with E-state index in [0.717, 1.165) is 29.1 Å². The lowest BCUT2D eigenvalue weighted by atomic mass is 9.95. The van der Waals surface area contributed by atoms with Crippen LogP contribution in [0.25, 0.3) is 10.9 Å². The van der Waals surface area contributed by atoms with Gasteiger partial charge in [0, 0.05) is 35.5 Å². The number of aryl methyl sites for hydroxylation is 1. The van der Waals surface area contributed by atoms with Crippen LogP contribution in [0.15, 0.2) is 97.3 Å². The van der Waals surface area contributed by atoms with E-state index >= 15 is 0 Å². The quantitative estimate of drug-likeness (QED) is 0.282. The van der Waals surface area contributed by atoms with Crippen LogP contribution >= 0.6 is 11.6 Å². The summed E-state index contributed by atoms with van der Waals surface area (Å²) in [5, 5.41) is 9.12. The molecule has 0 bridgehead atoms. The maximum Gasteiger partial charge on any atom is 0.0724 e. The molecule has 1 aromatic heterocycles. The maximum absolute atomic E-state index is 6.07. The summed E-state index contributed by atoms with van der Waals surface area (Å²) in [5.41, 5.74) is 5.85. The van der Waals surface area contributed by atoms with Crippen LogP contribution in [0.4, 0.5) is 0 Å². The largest absolute Gasteiger partial charge is 0.390 e. The van der Waals surface area contributed by atoms with Crippen molar-refractivity contribution in [1.29, 1.82) is 0 Å². The average molecular weight is 430 g/mol. The summed E-state index contributed by atoms with van der Waals surface area (Å²) in [6.45, 7) is 4.27. The topological polar surface area (TPSA) is 39.8 Å². The molecular weight excluding hydrogens is 402 g/mol. The Balaban J connectivity index is 1.64. The Labute approximate surface area is 189 Å². The summed E-state index contributed by atoms with van der Waals surface area (Å²) < 4.78 is 0. The molecule has 4 rings (SSSR count). The summed E-state index contributed by atoms with van der Waals surface area (Å²) in [5.74, 6) is 0. The monoisotopic (exact) mass is 429 g/mol. The second kappa shape index (κ2) is 9.86. The summed E-state index contributed by atoms with van der Waals surface area (Å²) in [7, 11) is 1.93. The number of benzene rings is 3. The van der Waals surface area contributed by atoms with Gasteiger partial charge < -0.3 is 10.3 Å². The van der Waals surface area contributed by atoms with Crippen LogP contribution in [-0.4, -0.2) is 12.0 Å². The maximum atomic E-state index is 6.07. The van der Waals surface area contributed by atoms with Crippen molar-refractivity contribution in [2.24, 2.45) is 0 Å². The van der Waals surface area contributed by atoms with Gasteiger partial charge in [0.15, 0.2) is 0 Å². The SMILES string of the molecule is C=C(NC)[C@H](N[C@H](CCc1ccc(Cl)cc1)c1ccc2[nH]ccc2c1)c1ccccc1. The molecule has 0 amide bonds. The molecule has 0 fully saturated rings. The van der Waals surface area contributed by atoms with Crippen LogP contribution in [0, 0.1) is 0 Å². The van der Waals surface area contributed by atoms with Crippen molar-refractivity contribution in [3.63, 3.8) is 0 Å². The first-order chi connectivity index (χ1) is 15.1. The molecule has 0 saturated heterocycles. The molecule has 3 N–H and O–H groups in total. The molecule has 31 heavy (non-hydrogen) atoms. The summed E-state index contributed by atoms with van der Waals surface area (Å²) in [6, 6.07) is 27.5. The van der Waals surface area contributed by atoms with Gasteiger partial charge in [-0.1, -0.05) is 66.7 Å². The van der Waals surface area contributed by atoms with E-state index in [2.05, 4.69) is 82.9 Å². The number of fused-ring (bicyclic) bond motifs is 1. The molecule has 4 heteroatoms. The van der Waals surface area contributed by atoms with Gasteiger partial charge in [-0.25, -0.2) is 0 Å². The number of H-pyrrole nitrogens is 1. The van der Waals surface area contributed by atoms with Gasteiger partial charge in [0.25, 0.3) is 0 Å². The molecule has 0 aliphatic carbocycles. The van der Waals surface area contributed by atoms with Crippen molar-refractivity contribution < 1.29 is 0 Å². The molecule has 3 aromatic carbocycles. The first-order valence-electron chi connectivity index (χ1n) is 10.6. The summed E-state index contributed by atoms with van der Waals surface area (Å²) >= 11 is 6.07. The fourth-order valence-corrected chi connectivity index (χ4v) is 4.11. The number of rotatable bonds is 9. The predicted molar refractivity (Wildman–Crippen MR) is 131 cm³/mol. The van der Waals surface area contributed by atoms with Gasteiger partial charge >= 0.3 is 0 Å². The van der Waals surface area contributed by atoms with Crippen LogP contribution < -0.4 is 10.6 Å². The van der Waals surface area contributed by atoms with Crippen molar-refractivity contribution in [3.8, 4) is 0 Å². The molecule has 3 nitrogen and oxygen atoms in total. The third-order valence-electron chi connectivity index (χ3n) is 5.78. The predicted octanol–water partition coefficient (Wildman–Crippen LogP) is 6.56. The number of aromatic nitrogens is 1. The zero-order valence-electron chi connectivity index (χ0n) is 17.7. The summed E-state index contributed by atoms with van der Waals surface area (Å²) in [6.07, 6.45) is 3.89. The number of hydrogen-bond acceptors (Lipinski definition) is 2. The van der Waals surface area contributed by atoms with Gasteiger partial charge in [-0.05, 0) is 65.3 Å². The minimum atomic E-state index is 0.00309. The Morgan fingerprint density at radius 3 is 2.48 bits per heavy atom.